The average Bonchev–Trinajstić information content (AvgIpc) is 2.54. The zero-order chi connectivity index (χ0) is 15.6. The molecule has 0 radical (unpaired) electrons. The summed E-state index contributed by atoms with van der Waals surface area (Å²) in [6.07, 6.45) is 9.66. The molecular formula is C19H27NO2. The maximum absolute atomic E-state index is 11.8. The highest BCUT2D eigenvalue weighted by Gasteiger charge is 2.05. The molecule has 0 bridgehead atoms. The van der Waals surface area contributed by atoms with Crippen molar-refractivity contribution in [2.45, 2.75) is 51.9 Å². The zero-order valence-corrected chi connectivity index (χ0v) is 13.6. The Morgan fingerprint density at radius 1 is 1.27 bits per heavy atom. The van der Waals surface area contributed by atoms with Crippen LogP contribution in [-0.2, 0) is 4.79 Å². The lowest BCUT2D eigenvalue weighted by Gasteiger charge is -2.13. The third kappa shape index (κ3) is 5.92. The molecule has 0 saturated heterocycles. The minimum absolute atomic E-state index is 0.129. The minimum atomic E-state index is 0.129. The normalized spacial score (nSPS) is 14.3. The molecule has 0 saturated carbocycles. The Hall–Kier alpha value is -1.77. The molecule has 1 aliphatic rings. The van der Waals surface area contributed by atoms with E-state index >= 15 is 0 Å². The van der Waals surface area contributed by atoms with Crippen molar-refractivity contribution in [1.82, 2.24) is 5.32 Å². The predicted molar refractivity (Wildman–Crippen MR) is 90.1 cm³/mol. The first-order chi connectivity index (χ1) is 10.8. The second-order valence-electron chi connectivity index (χ2n) is 5.93. The zero-order valence-electron chi connectivity index (χ0n) is 13.6. The van der Waals surface area contributed by atoms with E-state index in [4.69, 9.17) is 4.74 Å². The lowest BCUT2D eigenvalue weighted by Crippen LogP contribution is -2.25. The number of hydrogen-bond acceptors (Lipinski definition) is 2. The van der Waals surface area contributed by atoms with Gasteiger partial charge in [0.05, 0.1) is 6.61 Å². The van der Waals surface area contributed by atoms with Crippen LogP contribution >= 0.6 is 0 Å². The van der Waals surface area contributed by atoms with Crippen LogP contribution in [0, 0.1) is 6.92 Å². The fourth-order valence-electron chi connectivity index (χ4n) is 2.72. The third-order valence-electron chi connectivity index (χ3n) is 4.05. The van der Waals surface area contributed by atoms with Crippen molar-refractivity contribution in [2.75, 3.05) is 13.2 Å². The van der Waals surface area contributed by atoms with E-state index < -0.39 is 0 Å². The van der Waals surface area contributed by atoms with Gasteiger partial charge in [-0.15, -0.1) is 0 Å². The number of para-hydroxylation sites is 1. The number of allylic oxidation sites excluding steroid dienone is 1. The SMILES string of the molecule is Cc1ccccc1OCCCC(=O)NCCC1=CCCCC1. The van der Waals surface area contributed by atoms with Gasteiger partial charge in [0, 0.05) is 13.0 Å². The first-order valence-electron chi connectivity index (χ1n) is 8.39. The fourth-order valence-corrected chi connectivity index (χ4v) is 2.72. The van der Waals surface area contributed by atoms with Gasteiger partial charge in [-0.1, -0.05) is 29.8 Å². The van der Waals surface area contributed by atoms with E-state index in [1.54, 1.807) is 0 Å². The number of rotatable bonds is 8. The highest BCUT2D eigenvalue weighted by atomic mass is 16.5. The van der Waals surface area contributed by atoms with Crippen LogP contribution in [0.15, 0.2) is 35.9 Å². The summed E-state index contributed by atoms with van der Waals surface area (Å²) in [6, 6.07) is 7.96. The summed E-state index contributed by atoms with van der Waals surface area (Å²) in [5, 5.41) is 3.00. The Morgan fingerprint density at radius 2 is 2.14 bits per heavy atom. The van der Waals surface area contributed by atoms with Crippen LogP contribution in [0.2, 0.25) is 0 Å². The summed E-state index contributed by atoms with van der Waals surface area (Å²) in [5.74, 6) is 1.04. The summed E-state index contributed by atoms with van der Waals surface area (Å²) in [4.78, 5) is 11.8. The molecule has 22 heavy (non-hydrogen) atoms. The van der Waals surface area contributed by atoms with Crippen molar-refractivity contribution in [3.05, 3.63) is 41.5 Å². The molecule has 0 atom stereocenters. The second-order valence-corrected chi connectivity index (χ2v) is 5.93. The summed E-state index contributed by atoms with van der Waals surface area (Å²) in [6.45, 7) is 3.38. The third-order valence-corrected chi connectivity index (χ3v) is 4.05. The van der Waals surface area contributed by atoms with Gasteiger partial charge < -0.3 is 10.1 Å². The second kappa shape index (κ2) is 9.29. The van der Waals surface area contributed by atoms with Crippen molar-refractivity contribution in [1.29, 1.82) is 0 Å². The number of carbonyl (C=O) groups is 1. The average molecular weight is 301 g/mol. The Morgan fingerprint density at radius 3 is 2.91 bits per heavy atom. The summed E-state index contributed by atoms with van der Waals surface area (Å²) < 4.78 is 5.70. The summed E-state index contributed by atoms with van der Waals surface area (Å²) in [5.41, 5.74) is 2.64. The van der Waals surface area contributed by atoms with Crippen LogP contribution in [0.1, 0.15) is 50.5 Å². The van der Waals surface area contributed by atoms with E-state index in [1.165, 1.54) is 31.3 Å². The van der Waals surface area contributed by atoms with Gasteiger partial charge in [-0.2, -0.15) is 0 Å². The number of aryl methyl sites for hydroxylation is 1. The maximum Gasteiger partial charge on any atom is 0.220 e. The molecule has 3 nitrogen and oxygen atoms in total. The first-order valence-corrected chi connectivity index (χ1v) is 8.39. The van der Waals surface area contributed by atoms with Crippen molar-refractivity contribution in [3.8, 4) is 5.75 Å². The predicted octanol–water partition coefficient (Wildman–Crippen LogP) is 4.16. The Balaban J connectivity index is 1.54. The van der Waals surface area contributed by atoms with E-state index in [1.807, 2.05) is 31.2 Å². The lowest BCUT2D eigenvalue weighted by atomic mass is 9.97. The molecule has 1 N–H and O–H groups in total. The largest absolute Gasteiger partial charge is 0.493 e. The highest BCUT2D eigenvalue weighted by molar-refractivity contribution is 5.75. The van der Waals surface area contributed by atoms with E-state index in [0.29, 0.717) is 13.0 Å². The van der Waals surface area contributed by atoms with Gasteiger partial charge in [0.15, 0.2) is 0 Å². The van der Waals surface area contributed by atoms with Crippen LogP contribution < -0.4 is 10.1 Å². The first kappa shape index (κ1) is 16.6. The number of benzene rings is 1. The molecule has 2 rings (SSSR count). The van der Waals surface area contributed by atoms with Gasteiger partial charge in [-0.25, -0.2) is 0 Å². The fraction of sp³-hybridized carbons (Fsp3) is 0.526. The number of amides is 1. The van der Waals surface area contributed by atoms with Crippen molar-refractivity contribution in [3.63, 3.8) is 0 Å². The quantitative estimate of drug-likeness (QED) is 0.578. The molecule has 0 aliphatic heterocycles. The van der Waals surface area contributed by atoms with E-state index in [-0.39, 0.29) is 5.91 Å². The van der Waals surface area contributed by atoms with Crippen LogP contribution in [0.5, 0.6) is 5.75 Å². The monoisotopic (exact) mass is 301 g/mol. The van der Waals surface area contributed by atoms with Crippen LogP contribution in [0.25, 0.3) is 0 Å². The van der Waals surface area contributed by atoms with Gasteiger partial charge in [0.2, 0.25) is 5.91 Å². The van der Waals surface area contributed by atoms with E-state index in [2.05, 4.69) is 11.4 Å². The molecule has 0 aromatic heterocycles. The van der Waals surface area contributed by atoms with E-state index in [0.717, 1.165) is 30.7 Å². The van der Waals surface area contributed by atoms with Crippen molar-refractivity contribution in [2.24, 2.45) is 0 Å². The van der Waals surface area contributed by atoms with Gasteiger partial charge in [0.1, 0.15) is 5.75 Å². The Bertz CT molecular complexity index is 508. The van der Waals surface area contributed by atoms with Crippen molar-refractivity contribution < 1.29 is 9.53 Å². The molecular weight excluding hydrogens is 274 g/mol. The number of ether oxygens (including phenoxy) is 1. The molecule has 3 heteroatoms. The summed E-state index contributed by atoms with van der Waals surface area (Å²) in [7, 11) is 0. The van der Waals surface area contributed by atoms with Gasteiger partial charge in [0.25, 0.3) is 0 Å². The molecule has 1 aromatic carbocycles. The molecule has 1 aliphatic carbocycles. The van der Waals surface area contributed by atoms with Gasteiger partial charge >= 0.3 is 0 Å². The number of carbonyl (C=O) groups excluding carboxylic acids is 1. The van der Waals surface area contributed by atoms with Gasteiger partial charge in [-0.3, -0.25) is 4.79 Å². The minimum Gasteiger partial charge on any atom is -0.493 e. The summed E-state index contributed by atoms with van der Waals surface area (Å²) >= 11 is 0. The van der Waals surface area contributed by atoms with E-state index in [9.17, 15) is 4.79 Å². The Kier molecular flexibility index (Phi) is 7.01. The standard InChI is InChI=1S/C19H27NO2/c1-16-8-5-6-11-18(16)22-15-7-12-19(21)20-14-13-17-9-3-2-4-10-17/h5-6,8-9,11H,2-4,7,10,12-15H2,1H3,(H,20,21). The molecule has 0 fully saturated rings. The van der Waals surface area contributed by atoms with Crippen LogP contribution in [0.4, 0.5) is 0 Å². The highest BCUT2D eigenvalue weighted by Crippen LogP contribution is 2.19. The molecule has 120 valence electrons. The molecule has 0 unspecified atom stereocenters. The topological polar surface area (TPSA) is 38.3 Å². The Labute approximate surface area is 133 Å². The van der Waals surface area contributed by atoms with Gasteiger partial charge in [-0.05, 0) is 57.1 Å². The number of hydrogen-bond donors (Lipinski definition) is 1. The molecule has 0 heterocycles. The number of nitrogens with one attached hydrogen (secondary N) is 1. The van der Waals surface area contributed by atoms with Crippen molar-refractivity contribution >= 4 is 5.91 Å². The molecule has 0 spiro atoms. The molecule has 1 amide bonds. The lowest BCUT2D eigenvalue weighted by molar-refractivity contribution is -0.121. The molecule has 1 aromatic rings. The van der Waals surface area contributed by atoms with Crippen LogP contribution in [-0.4, -0.2) is 19.1 Å². The smallest absolute Gasteiger partial charge is 0.220 e. The van der Waals surface area contributed by atoms with Crippen LogP contribution in [0.3, 0.4) is 0 Å². The maximum atomic E-state index is 11.8.